The van der Waals surface area contributed by atoms with E-state index in [9.17, 15) is 0 Å². The number of aryl methyl sites for hydroxylation is 1. The lowest BCUT2D eigenvalue weighted by atomic mass is 9.96. The Bertz CT molecular complexity index is 650. The van der Waals surface area contributed by atoms with E-state index >= 15 is 0 Å². The van der Waals surface area contributed by atoms with Gasteiger partial charge >= 0.3 is 0 Å². The highest BCUT2D eigenvalue weighted by molar-refractivity contribution is 5.25. The molecule has 2 aliphatic rings. The Morgan fingerprint density at radius 3 is 2.96 bits per heavy atom. The summed E-state index contributed by atoms with van der Waals surface area (Å²) in [6, 6.07) is 4.15. The number of fused-ring (bicyclic) bond motifs is 1. The maximum Gasteiger partial charge on any atom is 0.0562 e. The molecule has 0 aromatic carbocycles. The highest BCUT2D eigenvalue weighted by Gasteiger charge is 2.29. The fraction of sp³-hybridized carbons (Fsp3) is 0.556. The molecule has 5 heteroatoms. The summed E-state index contributed by atoms with van der Waals surface area (Å²) >= 11 is 0. The highest BCUT2D eigenvalue weighted by atomic mass is 16.5. The average Bonchev–Trinajstić information content (AvgIpc) is 3.31. The topological polar surface area (TPSA) is 43.2 Å². The molecule has 1 atom stereocenters. The molecule has 2 aromatic heterocycles. The Morgan fingerprint density at radius 1 is 1.26 bits per heavy atom. The molecule has 3 heterocycles. The zero-order valence-electron chi connectivity index (χ0n) is 13.7. The van der Waals surface area contributed by atoms with Crippen molar-refractivity contribution >= 4 is 0 Å². The summed E-state index contributed by atoms with van der Waals surface area (Å²) in [5, 5.41) is 4.47. The average molecular weight is 312 g/mol. The highest BCUT2D eigenvalue weighted by Crippen LogP contribution is 2.31. The van der Waals surface area contributed by atoms with E-state index in [1.807, 2.05) is 36.4 Å². The van der Waals surface area contributed by atoms with Crippen LogP contribution < -0.4 is 0 Å². The van der Waals surface area contributed by atoms with Crippen molar-refractivity contribution in [3.8, 4) is 0 Å². The van der Waals surface area contributed by atoms with Gasteiger partial charge in [-0.15, -0.1) is 0 Å². The van der Waals surface area contributed by atoms with Crippen molar-refractivity contribution in [2.24, 2.45) is 13.0 Å². The first-order valence-electron chi connectivity index (χ1n) is 8.49. The Kier molecular flexibility index (Phi) is 4.14. The maximum atomic E-state index is 6.00. The van der Waals surface area contributed by atoms with E-state index in [2.05, 4.69) is 21.0 Å². The molecule has 0 bridgehead atoms. The quantitative estimate of drug-likeness (QED) is 0.821. The van der Waals surface area contributed by atoms with Crippen LogP contribution in [0.2, 0.25) is 0 Å². The zero-order chi connectivity index (χ0) is 15.6. The Morgan fingerprint density at radius 2 is 2.17 bits per heavy atom. The van der Waals surface area contributed by atoms with Crippen molar-refractivity contribution in [1.29, 1.82) is 0 Å². The molecule has 1 aliphatic heterocycles. The van der Waals surface area contributed by atoms with Crippen molar-refractivity contribution in [3.05, 3.63) is 47.5 Å². The lowest BCUT2D eigenvalue weighted by Gasteiger charge is -2.33. The van der Waals surface area contributed by atoms with Crippen molar-refractivity contribution in [3.63, 3.8) is 0 Å². The Hall–Kier alpha value is -1.72. The number of aromatic nitrogens is 3. The fourth-order valence-corrected chi connectivity index (χ4v) is 3.51. The molecule has 122 valence electrons. The molecule has 2 aromatic rings. The van der Waals surface area contributed by atoms with Gasteiger partial charge in [0, 0.05) is 62.9 Å². The fourth-order valence-electron chi connectivity index (χ4n) is 3.51. The third-order valence-corrected chi connectivity index (χ3v) is 4.82. The normalized spacial score (nSPS) is 21.3. The SMILES string of the molecule is Cn1ncc2c1C(COCC1CC1)CN(Cc1cccnc1)C2. The van der Waals surface area contributed by atoms with Crippen LogP contribution >= 0.6 is 0 Å². The minimum Gasteiger partial charge on any atom is -0.380 e. The van der Waals surface area contributed by atoms with Gasteiger partial charge in [-0.3, -0.25) is 14.6 Å². The monoisotopic (exact) mass is 312 g/mol. The lowest BCUT2D eigenvalue weighted by Crippen LogP contribution is -2.35. The standard InChI is InChI=1S/C18H24N4O/c1-21-18-16(8-20-21)10-22(9-15-3-2-6-19-7-15)11-17(18)13-23-12-14-4-5-14/h2-3,6-8,14,17H,4-5,9-13H2,1H3. The van der Waals surface area contributed by atoms with Crippen molar-refractivity contribution in [1.82, 2.24) is 19.7 Å². The molecule has 0 spiro atoms. The molecule has 4 rings (SSSR count). The van der Waals surface area contributed by atoms with Crippen LogP contribution in [-0.2, 0) is 24.9 Å². The molecule has 0 saturated heterocycles. The first kappa shape index (κ1) is 14.8. The van der Waals surface area contributed by atoms with E-state index in [4.69, 9.17) is 4.74 Å². The van der Waals surface area contributed by atoms with Crippen LogP contribution in [0.25, 0.3) is 0 Å². The van der Waals surface area contributed by atoms with Crippen LogP contribution in [0.4, 0.5) is 0 Å². The summed E-state index contributed by atoms with van der Waals surface area (Å²) in [7, 11) is 2.05. The van der Waals surface area contributed by atoms with Gasteiger partial charge in [0.15, 0.2) is 0 Å². The number of hydrogen-bond donors (Lipinski definition) is 0. The molecular weight excluding hydrogens is 288 g/mol. The van der Waals surface area contributed by atoms with E-state index in [1.54, 1.807) is 0 Å². The summed E-state index contributed by atoms with van der Waals surface area (Å²) in [6.07, 6.45) is 8.48. The van der Waals surface area contributed by atoms with E-state index in [0.29, 0.717) is 5.92 Å². The third kappa shape index (κ3) is 3.46. The molecule has 0 radical (unpaired) electrons. The lowest BCUT2D eigenvalue weighted by molar-refractivity contribution is 0.0869. The van der Waals surface area contributed by atoms with Crippen LogP contribution in [0.1, 0.15) is 35.6 Å². The van der Waals surface area contributed by atoms with E-state index in [-0.39, 0.29) is 0 Å². The van der Waals surface area contributed by atoms with Crippen molar-refractivity contribution in [2.75, 3.05) is 19.8 Å². The molecule has 0 amide bonds. The van der Waals surface area contributed by atoms with Crippen molar-refractivity contribution in [2.45, 2.75) is 31.8 Å². The first-order chi connectivity index (χ1) is 11.3. The number of ether oxygens (including phenoxy) is 1. The predicted octanol–water partition coefficient (Wildman–Crippen LogP) is 2.34. The number of hydrogen-bond acceptors (Lipinski definition) is 4. The summed E-state index contributed by atoms with van der Waals surface area (Å²) in [5.41, 5.74) is 3.95. The molecule has 23 heavy (non-hydrogen) atoms. The molecular formula is C18H24N4O. The Balaban J connectivity index is 1.46. The first-order valence-corrected chi connectivity index (χ1v) is 8.49. The molecule has 1 aliphatic carbocycles. The molecule has 1 fully saturated rings. The second-order valence-corrected chi connectivity index (χ2v) is 6.89. The van der Waals surface area contributed by atoms with Gasteiger partial charge in [0.25, 0.3) is 0 Å². The van der Waals surface area contributed by atoms with Gasteiger partial charge in [-0.2, -0.15) is 5.10 Å². The van der Waals surface area contributed by atoms with Crippen LogP contribution in [0.3, 0.4) is 0 Å². The van der Waals surface area contributed by atoms with Gasteiger partial charge in [-0.25, -0.2) is 0 Å². The van der Waals surface area contributed by atoms with E-state index < -0.39 is 0 Å². The summed E-state index contributed by atoms with van der Waals surface area (Å²) in [4.78, 5) is 6.70. The second-order valence-electron chi connectivity index (χ2n) is 6.89. The van der Waals surface area contributed by atoms with Gasteiger partial charge in [-0.1, -0.05) is 6.07 Å². The number of nitrogens with zero attached hydrogens (tertiary/aromatic N) is 4. The minimum atomic E-state index is 0.404. The third-order valence-electron chi connectivity index (χ3n) is 4.82. The number of pyridine rings is 1. The van der Waals surface area contributed by atoms with Crippen LogP contribution in [0.5, 0.6) is 0 Å². The smallest absolute Gasteiger partial charge is 0.0562 e. The molecule has 5 nitrogen and oxygen atoms in total. The van der Waals surface area contributed by atoms with E-state index in [0.717, 1.165) is 38.8 Å². The predicted molar refractivity (Wildman–Crippen MR) is 87.8 cm³/mol. The molecule has 0 N–H and O–H groups in total. The van der Waals surface area contributed by atoms with E-state index in [1.165, 1.54) is 29.7 Å². The second kappa shape index (κ2) is 6.42. The van der Waals surface area contributed by atoms with Gasteiger partial charge in [-0.05, 0) is 30.4 Å². The summed E-state index contributed by atoms with van der Waals surface area (Å²) < 4.78 is 8.03. The van der Waals surface area contributed by atoms with Gasteiger partial charge in [0.1, 0.15) is 0 Å². The van der Waals surface area contributed by atoms with Crippen LogP contribution in [-0.4, -0.2) is 39.4 Å². The van der Waals surface area contributed by atoms with Crippen molar-refractivity contribution < 1.29 is 4.74 Å². The zero-order valence-corrected chi connectivity index (χ0v) is 13.7. The molecule has 1 saturated carbocycles. The maximum absolute atomic E-state index is 6.00. The molecule has 1 unspecified atom stereocenters. The van der Waals surface area contributed by atoms with Gasteiger partial charge in [0.2, 0.25) is 0 Å². The van der Waals surface area contributed by atoms with Crippen LogP contribution in [0, 0.1) is 5.92 Å². The van der Waals surface area contributed by atoms with Crippen LogP contribution in [0.15, 0.2) is 30.7 Å². The number of rotatable bonds is 6. The summed E-state index contributed by atoms with van der Waals surface area (Å²) in [6.45, 7) is 4.63. The minimum absolute atomic E-state index is 0.404. The Labute approximate surface area is 137 Å². The van der Waals surface area contributed by atoms with Gasteiger partial charge < -0.3 is 4.74 Å². The largest absolute Gasteiger partial charge is 0.380 e. The summed E-state index contributed by atoms with van der Waals surface area (Å²) in [5.74, 6) is 1.22. The van der Waals surface area contributed by atoms with Gasteiger partial charge in [0.05, 0.1) is 12.8 Å².